The summed E-state index contributed by atoms with van der Waals surface area (Å²) in [6, 6.07) is 0. The van der Waals surface area contributed by atoms with E-state index in [0.29, 0.717) is 0 Å². The largest absolute Gasteiger partial charge is 0.484 e. The highest BCUT2D eigenvalue weighted by Gasteiger charge is 2.21. The molecule has 0 rings (SSSR count). The molecular weight excluding hydrogens is 171 g/mol. The van der Waals surface area contributed by atoms with Crippen molar-refractivity contribution >= 4 is 25.8 Å². The third-order valence-electron chi connectivity index (χ3n) is 0.298. The van der Waals surface area contributed by atoms with Crippen LogP contribution in [0.3, 0.4) is 0 Å². The van der Waals surface area contributed by atoms with E-state index in [0.717, 1.165) is 0 Å². The fourth-order valence-corrected chi connectivity index (χ4v) is 1.69. The van der Waals surface area contributed by atoms with E-state index in [4.69, 9.17) is 9.11 Å². The molecule has 0 aromatic carbocycles. The molecule has 0 spiro atoms. The molecule has 2 N–H and O–H groups in total. The Morgan fingerprint density at radius 2 is 1.11 bits per heavy atom. The number of hydrogen-bond donors (Lipinski definition) is 2. The molecule has 0 heterocycles. The standard InChI is InChI=1S/BH3O6S2/c2-8(3,4)1-9(5,6)7/h1H,(H,2,3,4)(H,5,6,7). The molecule has 9 heavy (non-hydrogen) atoms. The third kappa shape index (κ3) is 7.88. The van der Waals surface area contributed by atoms with Crippen molar-refractivity contribution < 1.29 is 25.9 Å². The zero-order chi connectivity index (χ0) is 7.71. The molecule has 6 nitrogen and oxygen atoms in total. The average molecular weight is 174 g/mol. The predicted molar refractivity (Wildman–Crippen MR) is 30.2 cm³/mol. The van der Waals surface area contributed by atoms with Gasteiger partial charge in [-0.15, -0.1) is 0 Å². The van der Waals surface area contributed by atoms with E-state index in [1.165, 1.54) is 0 Å². The summed E-state index contributed by atoms with van der Waals surface area (Å²) >= 11 is 0. The summed E-state index contributed by atoms with van der Waals surface area (Å²) in [6.45, 7) is 0. The van der Waals surface area contributed by atoms with Gasteiger partial charge in [-0.2, -0.15) is 0 Å². The maximum Gasteiger partial charge on any atom is 0.484 e. The van der Waals surface area contributed by atoms with Gasteiger partial charge in [-0.05, 0) is 0 Å². The maximum absolute atomic E-state index is 9.66. The van der Waals surface area contributed by atoms with Gasteiger partial charge in [-0.1, -0.05) is 0 Å². The number of rotatable bonds is 2. The van der Waals surface area contributed by atoms with Crippen LogP contribution < -0.4 is 0 Å². The zero-order valence-electron chi connectivity index (χ0n) is 4.05. The predicted octanol–water partition coefficient (Wildman–Crippen LogP) is -1.97. The van der Waals surface area contributed by atoms with E-state index in [2.05, 4.69) is 0 Å². The summed E-state index contributed by atoms with van der Waals surface area (Å²) in [6.07, 6.45) is 0. The van der Waals surface area contributed by atoms with Crippen LogP contribution in [0.4, 0.5) is 0 Å². The summed E-state index contributed by atoms with van der Waals surface area (Å²) in [5.41, 5.74) is 0. The van der Waals surface area contributed by atoms with Crippen LogP contribution in [0.5, 0.6) is 0 Å². The van der Waals surface area contributed by atoms with Gasteiger partial charge in [0, 0.05) is 0 Å². The van der Waals surface area contributed by atoms with E-state index >= 15 is 0 Å². The van der Waals surface area contributed by atoms with Crippen LogP contribution in [0.15, 0.2) is 0 Å². The first-order valence-electron chi connectivity index (χ1n) is 1.61. The Bertz CT molecular complexity index is 236. The van der Waals surface area contributed by atoms with Crippen LogP contribution in [-0.4, -0.2) is 31.8 Å². The molecule has 54 valence electrons. The molecule has 9 heteroatoms. The molecule has 0 aliphatic rings. The summed E-state index contributed by atoms with van der Waals surface area (Å²) < 4.78 is 54.2. The second-order valence-corrected chi connectivity index (χ2v) is 4.55. The van der Waals surface area contributed by atoms with Crippen LogP contribution in [0.2, 0.25) is 0 Å². The Morgan fingerprint density at radius 3 is 1.11 bits per heavy atom. The van der Waals surface area contributed by atoms with Crippen molar-refractivity contribution in [3.8, 4) is 0 Å². The van der Waals surface area contributed by atoms with Gasteiger partial charge in [-0.3, -0.25) is 9.11 Å². The van der Waals surface area contributed by atoms with Gasteiger partial charge in [0.2, 0.25) is 19.9 Å². The highest BCUT2D eigenvalue weighted by molar-refractivity contribution is 8.39. The monoisotopic (exact) mass is 174 g/mol. The fourth-order valence-electron chi connectivity index (χ4n) is 0.188. The molecule has 0 bridgehead atoms. The molecule has 0 saturated heterocycles. The second-order valence-electron chi connectivity index (χ2n) is 1.28. The van der Waals surface area contributed by atoms with Crippen molar-refractivity contribution in [2.45, 2.75) is 0 Å². The van der Waals surface area contributed by atoms with Crippen molar-refractivity contribution in [2.24, 2.45) is 0 Å². The van der Waals surface area contributed by atoms with Crippen LogP contribution >= 0.6 is 0 Å². The topological polar surface area (TPSA) is 109 Å². The minimum Gasteiger partial charge on any atom is -0.294 e. The van der Waals surface area contributed by atoms with Crippen molar-refractivity contribution in [2.75, 3.05) is 0 Å². The Kier molecular flexibility index (Phi) is 2.22. The smallest absolute Gasteiger partial charge is 0.294 e. The Hall–Kier alpha value is -0.115. The fraction of sp³-hybridized carbons (Fsp3) is 0. The van der Waals surface area contributed by atoms with Gasteiger partial charge >= 0.3 is 5.84 Å². The maximum atomic E-state index is 9.66. The second kappa shape index (κ2) is 2.25. The molecule has 0 saturated carbocycles. The Balaban J connectivity index is 4.46. The van der Waals surface area contributed by atoms with Crippen molar-refractivity contribution in [1.29, 1.82) is 0 Å². The molecule has 0 atom stereocenters. The minimum atomic E-state index is -4.62. The zero-order valence-corrected chi connectivity index (χ0v) is 5.68. The van der Waals surface area contributed by atoms with Gasteiger partial charge in [0.1, 0.15) is 0 Å². The lowest BCUT2D eigenvalue weighted by molar-refractivity contribution is 0.495. The van der Waals surface area contributed by atoms with Crippen molar-refractivity contribution in [3.63, 3.8) is 0 Å². The molecule has 0 radical (unpaired) electrons. The highest BCUT2D eigenvalue weighted by atomic mass is 32.3. The molecule has 0 aromatic rings. The molecular formula is H3BO6S2. The quantitative estimate of drug-likeness (QED) is 0.371. The first kappa shape index (κ1) is 8.88. The van der Waals surface area contributed by atoms with Gasteiger partial charge in [0.05, 0.1) is 0 Å². The molecule has 0 aliphatic carbocycles. The van der Waals surface area contributed by atoms with Gasteiger partial charge in [0.15, 0.2) is 0 Å². The molecule has 0 amide bonds. The molecule has 0 aromatic heterocycles. The van der Waals surface area contributed by atoms with E-state index in [1.807, 2.05) is 0 Å². The third-order valence-corrected chi connectivity index (χ3v) is 2.68. The van der Waals surface area contributed by atoms with Crippen molar-refractivity contribution in [3.05, 3.63) is 0 Å². The van der Waals surface area contributed by atoms with Crippen LogP contribution in [0.1, 0.15) is 0 Å². The lowest BCUT2D eigenvalue weighted by atomic mass is 10.7. The Labute approximate surface area is 52.4 Å². The SMILES string of the molecule is O=S(=O)(O)BS(=O)(=O)O. The van der Waals surface area contributed by atoms with Gasteiger partial charge in [-0.25, -0.2) is 16.8 Å². The van der Waals surface area contributed by atoms with E-state index < -0.39 is 25.8 Å². The van der Waals surface area contributed by atoms with Crippen molar-refractivity contribution in [1.82, 2.24) is 0 Å². The van der Waals surface area contributed by atoms with Crippen LogP contribution in [0, 0.1) is 0 Å². The normalized spacial score (nSPS) is 13.1. The van der Waals surface area contributed by atoms with Crippen LogP contribution in [-0.2, 0) is 19.9 Å². The summed E-state index contributed by atoms with van der Waals surface area (Å²) in [7, 11) is -9.24. The van der Waals surface area contributed by atoms with E-state index in [9.17, 15) is 16.8 Å². The lowest BCUT2D eigenvalue weighted by Crippen LogP contribution is -2.18. The summed E-state index contributed by atoms with van der Waals surface area (Å²) in [4.78, 5) is 0. The Morgan fingerprint density at radius 1 is 0.889 bits per heavy atom. The highest BCUT2D eigenvalue weighted by Crippen LogP contribution is 1.84. The molecule has 0 aliphatic heterocycles. The molecule has 0 fully saturated rings. The first-order valence-corrected chi connectivity index (χ1v) is 4.83. The summed E-state index contributed by atoms with van der Waals surface area (Å²) in [5.74, 6) is -1.65. The van der Waals surface area contributed by atoms with Gasteiger partial charge < -0.3 is 0 Å². The summed E-state index contributed by atoms with van der Waals surface area (Å²) in [5, 5.41) is 0. The first-order chi connectivity index (χ1) is 3.71. The average Bonchev–Trinajstić information content (AvgIpc) is 1.14. The van der Waals surface area contributed by atoms with E-state index in [-0.39, 0.29) is 0 Å². The van der Waals surface area contributed by atoms with Crippen LogP contribution in [0.25, 0.3) is 0 Å². The number of hydrogen-bond acceptors (Lipinski definition) is 4. The van der Waals surface area contributed by atoms with Gasteiger partial charge in [0.25, 0.3) is 0 Å². The molecule has 0 unspecified atom stereocenters. The minimum absolute atomic E-state index is 1.65. The van der Waals surface area contributed by atoms with E-state index in [1.54, 1.807) is 0 Å². The lowest BCUT2D eigenvalue weighted by Gasteiger charge is -1.86.